The third kappa shape index (κ3) is 12.7. The second-order valence-corrected chi connectivity index (χ2v) is 17.7. The van der Waals surface area contributed by atoms with Crippen LogP contribution in [-0.4, -0.2) is 77.7 Å². The Morgan fingerprint density at radius 1 is 1.04 bits per heavy atom. The van der Waals surface area contributed by atoms with Gasteiger partial charge in [-0.1, -0.05) is 59.6 Å². The van der Waals surface area contributed by atoms with Crippen LogP contribution in [0, 0.1) is 23.2 Å². The van der Waals surface area contributed by atoms with Gasteiger partial charge in [-0.05, 0) is 112 Å². The summed E-state index contributed by atoms with van der Waals surface area (Å²) in [5.41, 5.74) is 1.44. The number of nitrogens with one attached hydrogen (secondary N) is 2. The fourth-order valence-electron chi connectivity index (χ4n) is 8.04. The first-order chi connectivity index (χ1) is 22.9. The number of aliphatic carboxylic acids is 1. The third-order valence-electron chi connectivity index (χ3n) is 10.6. The lowest BCUT2D eigenvalue weighted by atomic mass is 9.73. The molecule has 10 heteroatoms. The number of hydrogen-bond donors (Lipinski definition) is 4. The molecule has 2 aliphatic carbocycles. The van der Waals surface area contributed by atoms with Crippen LogP contribution in [0.4, 0.5) is 4.79 Å². The predicted molar refractivity (Wildman–Crippen MR) is 200 cm³/mol. The van der Waals surface area contributed by atoms with Gasteiger partial charge in [0.05, 0.1) is 0 Å². The number of ether oxygens (including phenoxy) is 2. The van der Waals surface area contributed by atoms with E-state index in [2.05, 4.69) is 63.9 Å². The summed E-state index contributed by atoms with van der Waals surface area (Å²) in [6, 6.07) is 6.00. The fourth-order valence-corrected chi connectivity index (χ4v) is 8.47. The van der Waals surface area contributed by atoms with Crippen molar-refractivity contribution >= 4 is 30.6 Å². The molecule has 1 fully saturated rings. The van der Waals surface area contributed by atoms with Gasteiger partial charge in [-0.3, -0.25) is 9.69 Å². The maximum atomic E-state index is 13.5. The van der Waals surface area contributed by atoms with Crippen molar-refractivity contribution in [2.45, 2.75) is 135 Å². The number of unbranched alkanes of at least 4 members (excludes halogenated alkanes) is 2. The number of nitrogens with zero attached hydrogens (tertiary/aromatic N) is 1. The van der Waals surface area contributed by atoms with Gasteiger partial charge >= 0.3 is 12.1 Å². The number of benzene rings is 1. The van der Waals surface area contributed by atoms with Gasteiger partial charge < -0.3 is 25.2 Å². The zero-order valence-electron chi connectivity index (χ0n) is 31.5. The summed E-state index contributed by atoms with van der Waals surface area (Å²) >= 11 is 4.67. The number of thiol groups is 1. The van der Waals surface area contributed by atoms with E-state index in [1.165, 1.54) is 16.0 Å². The molecule has 2 aliphatic rings. The molecule has 0 saturated heterocycles. The number of carboxylic acid groups (broad SMARTS) is 1. The summed E-state index contributed by atoms with van der Waals surface area (Å²) in [6.45, 7) is 16.0. The van der Waals surface area contributed by atoms with Crippen molar-refractivity contribution in [3.05, 3.63) is 29.3 Å². The van der Waals surface area contributed by atoms with E-state index >= 15 is 0 Å². The van der Waals surface area contributed by atoms with Crippen molar-refractivity contribution in [2.75, 3.05) is 33.3 Å². The Balaban J connectivity index is 1.53. The number of carbonyl (C=O) groups is 3. The molecule has 0 radical (unpaired) electrons. The Hall–Kier alpha value is -2.46. The van der Waals surface area contributed by atoms with Crippen LogP contribution in [0.5, 0.6) is 5.75 Å². The van der Waals surface area contributed by atoms with Gasteiger partial charge in [-0.15, -0.1) is 0 Å². The molecule has 0 spiro atoms. The number of carbonyl (C=O) groups excluding carboxylic acids is 2. The van der Waals surface area contributed by atoms with Crippen LogP contribution >= 0.6 is 12.6 Å². The number of fused-ring (bicyclic) bond motifs is 2. The van der Waals surface area contributed by atoms with Crippen LogP contribution in [0.3, 0.4) is 0 Å². The Kier molecular flexibility index (Phi) is 15.2. The monoisotopic (exact) mass is 703 g/mol. The van der Waals surface area contributed by atoms with Gasteiger partial charge in [-0.25, -0.2) is 9.59 Å². The molecular formula is C39H65N3O6S. The Labute approximate surface area is 301 Å². The minimum Gasteiger partial charge on any atom is -0.482 e. The molecule has 49 heavy (non-hydrogen) atoms. The lowest BCUT2D eigenvalue weighted by molar-refractivity contribution is -0.139. The number of hydrogen-bond acceptors (Lipinski definition) is 7. The maximum absolute atomic E-state index is 13.5. The van der Waals surface area contributed by atoms with Crippen molar-refractivity contribution in [1.29, 1.82) is 0 Å². The summed E-state index contributed by atoms with van der Waals surface area (Å²) in [5.74, 6) is 1.20. The minimum atomic E-state index is -1.07. The maximum Gasteiger partial charge on any atom is 0.410 e. The normalized spacial score (nSPS) is 19.8. The summed E-state index contributed by atoms with van der Waals surface area (Å²) < 4.78 is 11.7. The molecule has 3 rings (SSSR count). The second-order valence-electron chi connectivity index (χ2n) is 16.5. The van der Waals surface area contributed by atoms with Crippen molar-refractivity contribution in [2.24, 2.45) is 23.2 Å². The van der Waals surface area contributed by atoms with E-state index in [9.17, 15) is 14.4 Å². The first kappa shape index (κ1) is 41.0. The van der Waals surface area contributed by atoms with Crippen molar-refractivity contribution in [3.8, 4) is 5.75 Å². The van der Waals surface area contributed by atoms with Gasteiger partial charge in [0, 0.05) is 31.4 Å². The van der Waals surface area contributed by atoms with E-state index in [-0.39, 0.29) is 28.8 Å². The molecule has 4 atom stereocenters. The van der Waals surface area contributed by atoms with E-state index in [1.54, 1.807) is 20.9 Å². The molecule has 2 amide bonds. The highest BCUT2D eigenvalue weighted by Gasteiger charge is 2.41. The Bertz CT molecular complexity index is 1250. The molecule has 4 unspecified atom stereocenters. The summed E-state index contributed by atoms with van der Waals surface area (Å²) in [7, 11) is 1.65. The average molecular weight is 704 g/mol. The largest absolute Gasteiger partial charge is 0.482 e. The summed E-state index contributed by atoms with van der Waals surface area (Å²) in [6.07, 6.45) is 10.3. The zero-order valence-corrected chi connectivity index (χ0v) is 32.4. The molecule has 0 bridgehead atoms. The van der Waals surface area contributed by atoms with Gasteiger partial charge in [0.25, 0.3) is 0 Å². The Morgan fingerprint density at radius 2 is 1.78 bits per heavy atom. The second kappa shape index (κ2) is 18.2. The molecule has 3 N–H and O–H groups in total. The smallest absolute Gasteiger partial charge is 0.410 e. The SMILES string of the molecule is CCCCCC(CCC1CCC2Cc3c(cccc3OCC(=O)O)CC12)OC(=O)N(C)C(C)(C)C(=O)NCCNCC(C)(C)CC(C)(C)S. The van der Waals surface area contributed by atoms with Crippen LogP contribution in [0.15, 0.2) is 18.2 Å². The highest BCUT2D eigenvalue weighted by atomic mass is 32.1. The van der Waals surface area contributed by atoms with Crippen molar-refractivity contribution < 1.29 is 29.0 Å². The highest BCUT2D eigenvalue weighted by molar-refractivity contribution is 7.81. The molecule has 0 heterocycles. The average Bonchev–Trinajstić information content (AvgIpc) is 3.41. The van der Waals surface area contributed by atoms with Gasteiger partial charge in [0.1, 0.15) is 17.4 Å². The molecule has 1 aromatic rings. The quantitative estimate of drug-likeness (QED) is 0.0832. The number of carboxylic acids is 1. The van der Waals surface area contributed by atoms with Crippen LogP contribution in [0.1, 0.15) is 117 Å². The topological polar surface area (TPSA) is 117 Å². The summed E-state index contributed by atoms with van der Waals surface area (Å²) in [4.78, 5) is 39.2. The van der Waals surface area contributed by atoms with E-state index in [1.807, 2.05) is 12.1 Å². The summed E-state index contributed by atoms with van der Waals surface area (Å²) in [5, 5.41) is 15.5. The van der Waals surface area contributed by atoms with Crippen LogP contribution < -0.4 is 15.4 Å². The van der Waals surface area contributed by atoms with Gasteiger partial charge in [0.15, 0.2) is 6.61 Å². The molecular weight excluding hydrogens is 639 g/mol. The van der Waals surface area contributed by atoms with E-state index in [0.717, 1.165) is 77.2 Å². The molecule has 0 aromatic heterocycles. The van der Waals surface area contributed by atoms with Crippen LogP contribution in [0.25, 0.3) is 0 Å². The molecule has 9 nitrogen and oxygen atoms in total. The minimum absolute atomic E-state index is 0.0485. The van der Waals surface area contributed by atoms with E-state index in [4.69, 9.17) is 14.6 Å². The van der Waals surface area contributed by atoms with Crippen LogP contribution in [0.2, 0.25) is 0 Å². The van der Waals surface area contributed by atoms with E-state index < -0.39 is 17.6 Å². The lowest BCUT2D eigenvalue weighted by Gasteiger charge is -2.35. The van der Waals surface area contributed by atoms with Crippen LogP contribution in [-0.2, 0) is 27.2 Å². The Morgan fingerprint density at radius 3 is 2.45 bits per heavy atom. The lowest BCUT2D eigenvalue weighted by Crippen LogP contribution is -2.56. The number of amides is 2. The number of likely N-dealkylation sites (N-methyl/N-ethyl adjacent to an activating group) is 1. The first-order valence-corrected chi connectivity index (χ1v) is 19.0. The van der Waals surface area contributed by atoms with E-state index in [0.29, 0.717) is 36.6 Å². The van der Waals surface area contributed by atoms with Gasteiger partial charge in [0.2, 0.25) is 5.91 Å². The molecule has 0 aliphatic heterocycles. The van der Waals surface area contributed by atoms with Gasteiger partial charge in [-0.2, -0.15) is 12.6 Å². The molecule has 1 aromatic carbocycles. The standard InChI is InChI=1S/C39H65N3O6S/c1-9-10-11-14-30(19-18-27-16-17-29-23-32-28(22-31(27)29)13-12-15-33(32)47-24-34(43)44)48-36(46)42(8)39(6,7)35(45)41-21-20-40-26-37(2,3)25-38(4,5)49/h12-13,15,27,29-31,40,49H,9-11,14,16-26H2,1-8H3,(H,41,45)(H,43,44). The zero-order chi connectivity index (χ0) is 36.4. The predicted octanol–water partition coefficient (Wildman–Crippen LogP) is 7.30. The fraction of sp³-hybridized carbons (Fsp3) is 0.769. The highest BCUT2D eigenvalue weighted by Crippen LogP contribution is 2.48. The molecule has 278 valence electrons. The van der Waals surface area contributed by atoms with Crippen molar-refractivity contribution in [3.63, 3.8) is 0 Å². The number of rotatable bonds is 20. The first-order valence-electron chi connectivity index (χ1n) is 18.5. The third-order valence-corrected chi connectivity index (χ3v) is 10.8. The van der Waals surface area contributed by atoms with Crippen molar-refractivity contribution in [1.82, 2.24) is 15.5 Å². The molecule has 1 saturated carbocycles.